The fourth-order valence-corrected chi connectivity index (χ4v) is 2.16. The number of benzene rings is 1. The number of carbonyl (C=O) groups excluding carboxylic acids is 1. The molecular formula is C14H13BrFNO3. The minimum Gasteiger partial charge on any atom is -0.463 e. The summed E-state index contributed by atoms with van der Waals surface area (Å²) in [6, 6.07) is 6.31. The normalized spacial score (nSPS) is 10.4. The molecule has 0 spiro atoms. The van der Waals surface area contributed by atoms with Gasteiger partial charge in [-0.2, -0.15) is 0 Å². The first-order chi connectivity index (χ1) is 9.51. The highest BCUT2D eigenvalue weighted by molar-refractivity contribution is 9.10. The van der Waals surface area contributed by atoms with E-state index in [0.717, 1.165) is 5.56 Å². The lowest BCUT2D eigenvalue weighted by molar-refractivity contribution is 0.0563. The van der Waals surface area contributed by atoms with Crippen LogP contribution in [-0.4, -0.2) is 13.1 Å². The summed E-state index contributed by atoms with van der Waals surface area (Å²) in [5.74, 6) is -0.161. The standard InChI is InChI=1S/C14H13BrFNO3/c1-8-5-10(15)11(16)6-12(8)17-7-9-3-4-13(20-9)14(18)19-2/h3-6,17H,7H2,1-2H3. The molecule has 0 radical (unpaired) electrons. The second-order valence-corrected chi connectivity index (χ2v) is 5.05. The number of nitrogens with one attached hydrogen (secondary N) is 1. The van der Waals surface area contributed by atoms with Crippen LogP contribution in [0.25, 0.3) is 0 Å². The van der Waals surface area contributed by atoms with Gasteiger partial charge >= 0.3 is 5.97 Å². The van der Waals surface area contributed by atoms with Crippen LogP contribution >= 0.6 is 15.9 Å². The first-order valence-electron chi connectivity index (χ1n) is 5.88. The summed E-state index contributed by atoms with van der Waals surface area (Å²) in [5, 5.41) is 3.06. The van der Waals surface area contributed by atoms with Gasteiger partial charge in [0.05, 0.1) is 18.1 Å². The summed E-state index contributed by atoms with van der Waals surface area (Å²) < 4.78 is 23.8. The summed E-state index contributed by atoms with van der Waals surface area (Å²) in [6.07, 6.45) is 0. The average Bonchev–Trinajstić information content (AvgIpc) is 2.89. The van der Waals surface area contributed by atoms with Crippen LogP contribution in [0.2, 0.25) is 0 Å². The molecule has 2 aromatic rings. The molecule has 106 valence electrons. The number of ether oxygens (including phenoxy) is 1. The first-order valence-corrected chi connectivity index (χ1v) is 6.67. The van der Waals surface area contributed by atoms with Crippen LogP contribution in [0.15, 0.2) is 33.2 Å². The minimum absolute atomic E-state index is 0.142. The van der Waals surface area contributed by atoms with E-state index >= 15 is 0 Å². The Balaban J connectivity index is 2.07. The van der Waals surface area contributed by atoms with Crippen LogP contribution in [0.4, 0.5) is 10.1 Å². The van der Waals surface area contributed by atoms with Crippen molar-refractivity contribution in [1.82, 2.24) is 0 Å². The quantitative estimate of drug-likeness (QED) is 0.857. The SMILES string of the molecule is COC(=O)c1ccc(CNc2cc(F)c(Br)cc2C)o1. The number of hydrogen-bond acceptors (Lipinski definition) is 4. The van der Waals surface area contributed by atoms with Crippen molar-refractivity contribution < 1.29 is 18.3 Å². The molecule has 0 aliphatic carbocycles. The molecule has 0 fully saturated rings. The van der Waals surface area contributed by atoms with E-state index < -0.39 is 5.97 Å². The summed E-state index contributed by atoms with van der Waals surface area (Å²) in [7, 11) is 1.29. The summed E-state index contributed by atoms with van der Waals surface area (Å²) in [5.41, 5.74) is 1.57. The number of rotatable bonds is 4. The van der Waals surface area contributed by atoms with Crippen molar-refractivity contribution in [2.24, 2.45) is 0 Å². The van der Waals surface area contributed by atoms with Crippen molar-refractivity contribution in [3.8, 4) is 0 Å². The van der Waals surface area contributed by atoms with Crippen LogP contribution in [0.1, 0.15) is 21.9 Å². The molecule has 1 N–H and O–H groups in total. The van der Waals surface area contributed by atoms with Gasteiger partial charge in [0.15, 0.2) is 0 Å². The monoisotopic (exact) mass is 341 g/mol. The molecule has 6 heteroatoms. The maximum absolute atomic E-state index is 13.5. The van der Waals surface area contributed by atoms with Crippen LogP contribution in [-0.2, 0) is 11.3 Å². The highest BCUT2D eigenvalue weighted by atomic mass is 79.9. The summed E-state index contributed by atoms with van der Waals surface area (Å²) in [6.45, 7) is 2.22. The smallest absolute Gasteiger partial charge is 0.373 e. The van der Waals surface area contributed by atoms with Gasteiger partial charge in [-0.15, -0.1) is 0 Å². The zero-order valence-electron chi connectivity index (χ0n) is 11.0. The Morgan fingerprint density at radius 1 is 1.45 bits per heavy atom. The number of methoxy groups -OCH3 is 1. The van der Waals surface area contributed by atoms with E-state index in [1.807, 2.05) is 6.92 Å². The van der Waals surface area contributed by atoms with Crippen LogP contribution in [0.3, 0.4) is 0 Å². The lowest BCUT2D eigenvalue weighted by atomic mass is 10.2. The van der Waals surface area contributed by atoms with Crippen LogP contribution in [0.5, 0.6) is 0 Å². The van der Waals surface area contributed by atoms with Gasteiger partial charge < -0.3 is 14.5 Å². The van der Waals surface area contributed by atoms with Crippen molar-refractivity contribution in [2.75, 3.05) is 12.4 Å². The fourth-order valence-electron chi connectivity index (χ4n) is 1.70. The molecule has 0 saturated heterocycles. The molecule has 0 aliphatic heterocycles. The van der Waals surface area contributed by atoms with Gasteiger partial charge in [0.25, 0.3) is 0 Å². The zero-order chi connectivity index (χ0) is 14.7. The second-order valence-electron chi connectivity index (χ2n) is 4.19. The fraction of sp³-hybridized carbons (Fsp3) is 0.214. The molecule has 0 saturated carbocycles. The number of aryl methyl sites for hydroxylation is 1. The number of furan rings is 1. The van der Waals surface area contributed by atoms with E-state index in [1.54, 1.807) is 12.1 Å². The van der Waals surface area contributed by atoms with Crippen LogP contribution < -0.4 is 5.32 Å². The van der Waals surface area contributed by atoms with Gasteiger partial charge in [0, 0.05) is 5.69 Å². The molecule has 0 atom stereocenters. The van der Waals surface area contributed by atoms with Crippen molar-refractivity contribution in [1.29, 1.82) is 0 Å². The van der Waals surface area contributed by atoms with E-state index in [-0.39, 0.29) is 11.6 Å². The minimum atomic E-state index is -0.526. The number of anilines is 1. The third kappa shape index (κ3) is 3.19. The maximum Gasteiger partial charge on any atom is 0.373 e. The molecule has 0 bridgehead atoms. The van der Waals surface area contributed by atoms with E-state index in [2.05, 4.69) is 26.0 Å². The van der Waals surface area contributed by atoms with E-state index in [4.69, 9.17) is 4.42 Å². The summed E-state index contributed by atoms with van der Waals surface area (Å²) in [4.78, 5) is 11.2. The van der Waals surface area contributed by atoms with E-state index in [9.17, 15) is 9.18 Å². The molecule has 1 aromatic carbocycles. The highest BCUT2D eigenvalue weighted by Gasteiger charge is 2.11. The molecule has 4 nitrogen and oxygen atoms in total. The average molecular weight is 342 g/mol. The molecule has 0 aliphatic rings. The third-order valence-electron chi connectivity index (χ3n) is 2.77. The third-order valence-corrected chi connectivity index (χ3v) is 3.38. The van der Waals surface area contributed by atoms with Gasteiger partial charge in [0.1, 0.15) is 11.6 Å². The second kappa shape index (κ2) is 6.09. The molecular weight excluding hydrogens is 329 g/mol. The van der Waals surface area contributed by atoms with Gasteiger partial charge in [-0.25, -0.2) is 9.18 Å². The van der Waals surface area contributed by atoms with Crippen molar-refractivity contribution in [2.45, 2.75) is 13.5 Å². The molecule has 0 unspecified atom stereocenters. The Bertz CT molecular complexity index is 639. The first kappa shape index (κ1) is 14.6. The Labute approximate surface area is 124 Å². The molecule has 1 aromatic heterocycles. The number of halogens is 2. The van der Waals surface area contributed by atoms with Gasteiger partial charge in [-0.05, 0) is 52.7 Å². The van der Waals surface area contributed by atoms with Gasteiger partial charge in [0.2, 0.25) is 5.76 Å². The van der Waals surface area contributed by atoms with E-state index in [0.29, 0.717) is 22.5 Å². The Morgan fingerprint density at radius 3 is 2.90 bits per heavy atom. The lowest BCUT2D eigenvalue weighted by Crippen LogP contribution is -2.02. The summed E-state index contributed by atoms with van der Waals surface area (Å²) >= 11 is 3.13. The maximum atomic E-state index is 13.5. The molecule has 1 heterocycles. The number of hydrogen-bond donors (Lipinski definition) is 1. The Morgan fingerprint density at radius 2 is 2.20 bits per heavy atom. The molecule has 0 amide bonds. The molecule has 20 heavy (non-hydrogen) atoms. The van der Waals surface area contributed by atoms with Crippen molar-refractivity contribution in [3.05, 3.63) is 51.6 Å². The highest BCUT2D eigenvalue weighted by Crippen LogP contribution is 2.24. The largest absolute Gasteiger partial charge is 0.463 e. The lowest BCUT2D eigenvalue weighted by Gasteiger charge is -2.09. The predicted octanol–water partition coefficient (Wildman–Crippen LogP) is 3.89. The van der Waals surface area contributed by atoms with Crippen molar-refractivity contribution in [3.63, 3.8) is 0 Å². The molecule has 2 rings (SSSR count). The Hall–Kier alpha value is -1.82. The van der Waals surface area contributed by atoms with E-state index in [1.165, 1.54) is 19.2 Å². The predicted molar refractivity (Wildman–Crippen MR) is 76.2 cm³/mol. The van der Waals surface area contributed by atoms with Gasteiger partial charge in [-0.3, -0.25) is 0 Å². The zero-order valence-corrected chi connectivity index (χ0v) is 12.6. The topological polar surface area (TPSA) is 51.5 Å². The Kier molecular flexibility index (Phi) is 4.44. The number of esters is 1. The van der Waals surface area contributed by atoms with Crippen molar-refractivity contribution >= 4 is 27.6 Å². The number of carbonyl (C=O) groups is 1. The van der Waals surface area contributed by atoms with Gasteiger partial charge in [-0.1, -0.05) is 0 Å². The van der Waals surface area contributed by atoms with Crippen LogP contribution in [0, 0.1) is 12.7 Å².